The minimum atomic E-state index is -0.0305. The molecule has 1 amide bonds. The Bertz CT molecular complexity index is 639. The van der Waals surface area contributed by atoms with Crippen LogP contribution in [0.15, 0.2) is 23.6 Å². The molecule has 0 atom stereocenters. The smallest absolute Gasteiger partial charge is 0.231 e. The number of thiazole rings is 1. The van der Waals surface area contributed by atoms with Crippen molar-refractivity contribution in [3.8, 4) is 11.5 Å². The highest BCUT2D eigenvalue weighted by molar-refractivity contribution is 7.13. The van der Waals surface area contributed by atoms with Crippen molar-refractivity contribution in [3.63, 3.8) is 0 Å². The van der Waals surface area contributed by atoms with Gasteiger partial charge in [0.15, 0.2) is 16.6 Å². The van der Waals surface area contributed by atoms with Crippen molar-refractivity contribution in [1.82, 2.24) is 4.98 Å². The van der Waals surface area contributed by atoms with Crippen LogP contribution in [0.1, 0.15) is 17.7 Å². The molecule has 1 aromatic carbocycles. The van der Waals surface area contributed by atoms with Crippen LogP contribution in [0.2, 0.25) is 0 Å². The second-order valence-electron chi connectivity index (χ2n) is 4.53. The summed E-state index contributed by atoms with van der Waals surface area (Å²) in [7, 11) is 0. The van der Waals surface area contributed by atoms with Gasteiger partial charge in [0, 0.05) is 11.8 Å². The Morgan fingerprint density at radius 2 is 2.25 bits per heavy atom. The van der Waals surface area contributed by atoms with Gasteiger partial charge in [0.2, 0.25) is 12.7 Å². The largest absolute Gasteiger partial charge is 0.454 e. The van der Waals surface area contributed by atoms with Gasteiger partial charge in [-0.25, -0.2) is 4.98 Å². The zero-order valence-electron chi connectivity index (χ0n) is 11.0. The summed E-state index contributed by atoms with van der Waals surface area (Å²) in [6.45, 7) is 2.17. The lowest BCUT2D eigenvalue weighted by Crippen LogP contribution is -2.12. The molecule has 0 unspecified atom stereocenters. The molecular weight excluding hydrogens is 276 g/mol. The number of benzene rings is 1. The van der Waals surface area contributed by atoms with Crippen molar-refractivity contribution in [2.75, 3.05) is 12.1 Å². The number of nitrogens with zero attached hydrogens (tertiary/aromatic N) is 1. The number of rotatable bonds is 4. The lowest BCUT2D eigenvalue weighted by Gasteiger charge is -2.03. The van der Waals surface area contributed by atoms with E-state index >= 15 is 0 Å². The van der Waals surface area contributed by atoms with Crippen molar-refractivity contribution in [1.29, 1.82) is 0 Å². The molecule has 104 valence electrons. The molecule has 0 radical (unpaired) electrons. The molecule has 0 saturated heterocycles. The maximum Gasteiger partial charge on any atom is 0.231 e. The van der Waals surface area contributed by atoms with E-state index in [1.807, 2.05) is 30.5 Å². The predicted molar refractivity (Wildman–Crippen MR) is 76.4 cm³/mol. The third-order valence-corrected chi connectivity index (χ3v) is 3.82. The molecule has 0 aliphatic carbocycles. The maximum absolute atomic E-state index is 11.8. The van der Waals surface area contributed by atoms with Crippen LogP contribution < -0.4 is 14.8 Å². The number of carbonyl (C=O) groups is 1. The fourth-order valence-electron chi connectivity index (χ4n) is 1.95. The predicted octanol–water partition coefficient (Wildman–Crippen LogP) is 2.75. The van der Waals surface area contributed by atoms with E-state index in [9.17, 15) is 4.79 Å². The SMILES string of the molecule is Cc1csc(NC(=O)CCc2ccc3c(c2)OCO3)n1. The van der Waals surface area contributed by atoms with Crippen LogP contribution in [0, 0.1) is 6.92 Å². The third kappa shape index (κ3) is 2.91. The number of aryl methyl sites for hydroxylation is 2. The molecule has 0 fully saturated rings. The number of nitrogens with one attached hydrogen (secondary N) is 1. The van der Waals surface area contributed by atoms with Gasteiger partial charge in [-0.2, -0.15) is 0 Å². The highest BCUT2D eigenvalue weighted by Crippen LogP contribution is 2.32. The molecule has 1 N–H and O–H groups in total. The van der Waals surface area contributed by atoms with E-state index < -0.39 is 0 Å². The molecule has 2 heterocycles. The van der Waals surface area contributed by atoms with Gasteiger partial charge in [-0.15, -0.1) is 11.3 Å². The average Bonchev–Trinajstić information content (AvgIpc) is 3.04. The monoisotopic (exact) mass is 290 g/mol. The molecule has 20 heavy (non-hydrogen) atoms. The van der Waals surface area contributed by atoms with Crippen molar-refractivity contribution in [3.05, 3.63) is 34.8 Å². The van der Waals surface area contributed by atoms with E-state index in [0.717, 1.165) is 22.8 Å². The Balaban J connectivity index is 1.55. The van der Waals surface area contributed by atoms with Crippen molar-refractivity contribution in [2.24, 2.45) is 0 Å². The molecule has 3 rings (SSSR count). The zero-order valence-corrected chi connectivity index (χ0v) is 11.8. The Hall–Kier alpha value is -2.08. The number of fused-ring (bicyclic) bond motifs is 1. The minimum absolute atomic E-state index is 0.0305. The van der Waals surface area contributed by atoms with E-state index in [-0.39, 0.29) is 12.7 Å². The first-order valence-electron chi connectivity index (χ1n) is 6.31. The topological polar surface area (TPSA) is 60.5 Å². The van der Waals surface area contributed by atoms with Gasteiger partial charge >= 0.3 is 0 Å². The minimum Gasteiger partial charge on any atom is -0.454 e. The second kappa shape index (κ2) is 5.50. The van der Waals surface area contributed by atoms with Crippen LogP contribution in [-0.2, 0) is 11.2 Å². The summed E-state index contributed by atoms with van der Waals surface area (Å²) in [4.78, 5) is 16.0. The van der Waals surface area contributed by atoms with Gasteiger partial charge in [-0.3, -0.25) is 4.79 Å². The number of aromatic nitrogens is 1. The van der Waals surface area contributed by atoms with Crippen molar-refractivity contribution >= 4 is 22.4 Å². The standard InChI is InChI=1S/C14H14N2O3S/c1-9-7-20-14(15-9)16-13(17)5-3-10-2-4-11-12(6-10)19-8-18-11/h2,4,6-7H,3,5,8H2,1H3,(H,15,16,17). The Morgan fingerprint density at radius 1 is 1.40 bits per heavy atom. The van der Waals surface area contributed by atoms with Crippen LogP contribution in [0.5, 0.6) is 11.5 Å². The molecular formula is C14H14N2O3S. The summed E-state index contributed by atoms with van der Waals surface area (Å²) in [5.74, 6) is 1.48. The number of ether oxygens (including phenoxy) is 2. The summed E-state index contributed by atoms with van der Waals surface area (Å²) in [5.41, 5.74) is 1.97. The maximum atomic E-state index is 11.8. The van der Waals surface area contributed by atoms with Gasteiger partial charge < -0.3 is 14.8 Å². The van der Waals surface area contributed by atoms with Gasteiger partial charge in [0.1, 0.15) is 0 Å². The summed E-state index contributed by atoms with van der Waals surface area (Å²) in [5, 5.41) is 5.36. The quantitative estimate of drug-likeness (QED) is 0.940. The van der Waals surface area contributed by atoms with E-state index in [1.54, 1.807) is 0 Å². The average molecular weight is 290 g/mol. The number of amides is 1. The number of carbonyl (C=O) groups excluding carboxylic acids is 1. The number of anilines is 1. The van der Waals surface area contributed by atoms with Crippen LogP contribution >= 0.6 is 11.3 Å². The van der Waals surface area contributed by atoms with Gasteiger partial charge in [-0.05, 0) is 31.0 Å². The van der Waals surface area contributed by atoms with E-state index in [0.29, 0.717) is 18.0 Å². The molecule has 1 aromatic heterocycles. The molecule has 1 aliphatic heterocycles. The zero-order chi connectivity index (χ0) is 13.9. The van der Waals surface area contributed by atoms with Crippen LogP contribution in [0.25, 0.3) is 0 Å². The van der Waals surface area contributed by atoms with Crippen LogP contribution in [-0.4, -0.2) is 17.7 Å². The van der Waals surface area contributed by atoms with E-state index in [4.69, 9.17) is 9.47 Å². The molecule has 0 bridgehead atoms. The number of hydrogen-bond acceptors (Lipinski definition) is 5. The van der Waals surface area contributed by atoms with Gasteiger partial charge in [-0.1, -0.05) is 6.07 Å². The van der Waals surface area contributed by atoms with Gasteiger partial charge in [0.05, 0.1) is 5.69 Å². The lowest BCUT2D eigenvalue weighted by atomic mass is 10.1. The summed E-state index contributed by atoms with van der Waals surface area (Å²) in [6.07, 6.45) is 1.07. The van der Waals surface area contributed by atoms with Gasteiger partial charge in [0.25, 0.3) is 0 Å². The molecule has 1 aliphatic rings. The second-order valence-corrected chi connectivity index (χ2v) is 5.39. The highest BCUT2D eigenvalue weighted by atomic mass is 32.1. The molecule has 5 nitrogen and oxygen atoms in total. The molecule has 0 spiro atoms. The number of hydrogen-bond donors (Lipinski definition) is 1. The van der Waals surface area contributed by atoms with Crippen molar-refractivity contribution < 1.29 is 14.3 Å². The summed E-state index contributed by atoms with van der Waals surface area (Å²) >= 11 is 1.44. The summed E-state index contributed by atoms with van der Waals surface area (Å²) < 4.78 is 10.6. The van der Waals surface area contributed by atoms with Crippen LogP contribution in [0.4, 0.5) is 5.13 Å². The van der Waals surface area contributed by atoms with E-state index in [2.05, 4.69) is 10.3 Å². The first kappa shape index (κ1) is 12.9. The molecule has 2 aromatic rings. The molecule has 0 saturated carbocycles. The summed E-state index contributed by atoms with van der Waals surface area (Å²) in [6, 6.07) is 5.75. The fraction of sp³-hybridized carbons (Fsp3) is 0.286. The van der Waals surface area contributed by atoms with Crippen LogP contribution in [0.3, 0.4) is 0 Å². The first-order valence-corrected chi connectivity index (χ1v) is 7.19. The highest BCUT2D eigenvalue weighted by Gasteiger charge is 2.13. The normalized spacial score (nSPS) is 12.4. The fourth-order valence-corrected chi connectivity index (χ4v) is 2.65. The first-order chi connectivity index (χ1) is 9.70. The Labute approximate surface area is 120 Å². The Morgan fingerprint density at radius 3 is 3.05 bits per heavy atom. The Kier molecular flexibility index (Phi) is 3.56. The third-order valence-electron chi connectivity index (χ3n) is 2.94. The lowest BCUT2D eigenvalue weighted by molar-refractivity contribution is -0.116. The van der Waals surface area contributed by atoms with Crippen molar-refractivity contribution in [2.45, 2.75) is 19.8 Å². The van der Waals surface area contributed by atoms with E-state index in [1.165, 1.54) is 11.3 Å². The molecule has 6 heteroatoms.